The number of hydrogen-bond donors (Lipinski definition) is 1. The predicted molar refractivity (Wildman–Crippen MR) is 87.7 cm³/mol. The van der Waals surface area contributed by atoms with Gasteiger partial charge in [0.1, 0.15) is 12.4 Å². The number of aryl methyl sites for hydroxylation is 1. The highest BCUT2D eigenvalue weighted by Crippen LogP contribution is 2.31. The highest BCUT2D eigenvalue weighted by Gasteiger charge is 2.18. The van der Waals surface area contributed by atoms with Gasteiger partial charge in [-0.25, -0.2) is 0 Å². The first kappa shape index (κ1) is 17.0. The van der Waals surface area contributed by atoms with E-state index in [0.29, 0.717) is 0 Å². The van der Waals surface area contributed by atoms with E-state index in [9.17, 15) is 0 Å². The lowest BCUT2D eigenvalue weighted by molar-refractivity contribution is 0.304. The molecule has 1 rings (SSSR count). The molecule has 114 valence electrons. The third-order valence-electron chi connectivity index (χ3n) is 3.38. The highest BCUT2D eigenvalue weighted by molar-refractivity contribution is 5.41. The van der Waals surface area contributed by atoms with Crippen LogP contribution < -0.4 is 10.1 Å². The van der Waals surface area contributed by atoms with E-state index in [4.69, 9.17) is 4.74 Å². The summed E-state index contributed by atoms with van der Waals surface area (Å²) in [5.74, 6) is 1.78. The van der Waals surface area contributed by atoms with E-state index in [1.165, 1.54) is 17.5 Å². The number of ether oxygens (including phenoxy) is 1. The lowest BCUT2D eigenvalue weighted by atomic mass is 9.85. The molecular formula is C18H31NO. The molecule has 2 nitrogen and oxygen atoms in total. The molecule has 1 N–H and O–H groups in total. The molecule has 0 amide bonds. The average molecular weight is 277 g/mol. The Morgan fingerprint density at radius 3 is 2.45 bits per heavy atom. The lowest BCUT2D eigenvalue weighted by Crippen LogP contribution is -2.24. The standard InChI is InChI=1S/C18H31NO/c1-14(2)9-10-19-11-12-20-17-8-7-15(3)13-16(17)18(4,5)6/h7-8,13-14,19H,9-12H2,1-6H3. The number of hydrogen-bond acceptors (Lipinski definition) is 2. The van der Waals surface area contributed by atoms with Crippen LogP contribution in [0.1, 0.15) is 52.2 Å². The van der Waals surface area contributed by atoms with Crippen molar-refractivity contribution < 1.29 is 4.74 Å². The molecule has 0 heterocycles. The molecule has 0 aliphatic rings. The number of rotatable bonds is 7. The normalized spacial score (nSPS) is 11.9. The van der Waals surface area contributed by atoms with Gasteiger partial charge in [0, 0.05) is 6.54 Å². The molecule has 20 heavy (non-hydrogen) atoms. The van der Waals surface area contributed by atoms with Crippen molar-refractivity contribution in [3.8, 4) is 5.75 Å². The maximum Gasteiger partial charge on any atom is 0.123 e. The summed E-state index contributed by atoms with van der Waals surface area (Å²) in [5.41, 5.74) is 2.70. The zero-order valence-corrected chi connectivity index (χ0v) is 14.0. The fourth-order valence-corrected chi connectivity index (χ4v) is 2.10. The number of nitrogens with one attached hydrogen (secondary N) is 1. The van der Waals surface area contributed by atoms with E-state index >= 15 is 0 Å². The van der Waals surface area contributed by atoms with E-state index in [0.717, 1.165) is 31.4 Å². The Morgan fingerprint density at radius 1 is 1.15 bits per heavy atom. The van der Waals surface area contributed by atoms with Crippen molar-refractivity contribution in [2.45, 2.75) is 53.4 Å². The molecule has 0 spiro atoms. The van der Waals surface area contributed by atoms with Crippen LogP contribution >= 0.6 is 0 Å². The van der Waals surface area contributed by atoms with E-state index < -0.39 is 0 Å². The molecule has 1 aromatic rings. The molecule has 0 bridgehead atoms. The molecule has 0 unspecified atom stereocenters. The smallest absolute Gasteiger partial charge is 0.123 e. The van der Waals surface area contributed by atoms with Crippen LogP contribution in [0.3, 0.4) is 0 Å². The first-order valence-corrected chi connectivity index (χ1v) is 7.75. The van der Waals surface area contributed by atoms with Crippen molar-refractivity contribution in [1.82, 2.24) is 5.32 Å². The SMILES string of the molecule is Cc1ccc(OCCNCCC(C)C)c(C(C)(C)C)c1. The first-order chi connectivity index (χ1) is 9.30. The third-order valence-corrected chi connectivity index (χ3v) is 3.38. The van der Waals surface area contributed by atoms with Gasteiger partial charge in [-0.05, 0) is 42.9 Å². The summed E-state index contributed by atoms with van der Waals surface area (Å²) in [5, 5.41) is 3.43. The topological polar surface area (TPSA) is 21.3 Å². The molecule has 0 aromatic heterocycles. The third kappa shape index (κ3) is 5.96. The lowest BCUT2D eigenvalue weighted by Gasteiger charge is -2.23. The summed E-state index contributed by atoms with van der Waals surface area (Å²) in [6.07, 6.45) is 1.22. The van der Waals surface area contributed by atoms with Crippen LogP contribution in [0.15, 0.2) is 18.2 Å². The Kier molecular flexibility index (Phi) is 6.54. The maximum absolute atomic E-state index is 5.96. The molecular weight excluding hydrogens is 246 g/mol. The molecule has 1 aromatic carbocycles. The monoisotopic (exact) mass is 277 g/mol. The van der Waals surface area contributed by atoms with Gasteiger partial charge in [-0.2, -0.15) is 0 Å². The van der Waals surface area contributed by atoms with Crippen LogP contribution in [0.5, 0.6) is 5.75 Å². The molecule has 0 radical (unpaired) electrons. The van der Waals surface area contributed by atoms with Gasteiger partial charge in [0.25, 0.3) is 0 Å². The second-order valence-electron chi connectivity index (χ2n) is 7.03. The Balaban J connectivity index is 2.48. The van der Waals surface area contributed by atoms with Crippen LogP contribution in [-0.2, 0) is 5.41 Å². The van der Waals surface area contributed by atoms with Crippen molar-refractivity contribution in [2.75, 3.05) is 19.7 Å². The van der Waals surface area contributed by atoms with Crippen LogP contribution in [-0.4, -0.2) is 19.7 Å². The van der Waals surface area contributed by atoms with Crippen LogP contribution in [0, 0.1) is 12.8 Å². The highest BCUT2D eigenvalue weighted by atomic mass is 16.5. The second-order valence-corrected chi connectivity index (χ2v) is 7.03. The fourth-order valence-electron chi connectivity index (χ4n) is 2.10. The summed E-state index contributed by atoms with van der Waals surface area (Å²) >= 11 is 0. The Bertz CT molecular complexity index is 404. The Labute approximate surface area is 124 Å². The van der Waals surface area contributed by atoms with Crippen molar-refractivity contribution >= 4 is 0 Å². The predicted octanol–water partition coefficient (Wildman–Crippen LogP) is 4.31. The van der Waals surface area contributed by atoms with Crippen molar-refractivity contribution in [3.05, 3.63) is 29.3 Å². The summed E-state index contributed by atoms with van der Waals surface area (Å²) in [6.45, 7) is 16.0. The average Bonchev–Trinajstić information content (AvgIpc) is 2.33. The van der Waals surface area contributed by atoms with E-state index in [1.54, 1.807) is 0 Å². The summed E-state index contributed by atoms with van der Waals surface area (Å²) < 4.78 is 5.96. The van der Waals surface area contributed by atoms with Gasteiger partial charge in [-0.15, -0.1) is 0 Å². The first-order valence-electron chi connectivity index (χ1n) is 7.75. The number of benzene rings is 1. The van der Waals surface area contributed by atoms with Crippen LogP contribution in [0.25, 0.3) is 0 Å². The molecule has 0 saturated carbocycles. The second kappa shape index (κ2) is 7.68. The van der Waals surface area contributed by atoms with Gasteiger partial charge in [0.15, 0.2) is 0 Å². The van der Waals surface area contributed by atoms with Crippen molar-refractivity contribution in [1.29, 1.82) is 0 Å². The van der Waals surface area contributed by atoms with Gasteiger partial charge < -0.3 is 10.1 Å². The molecule has 0 aliphatic heterocycles. The minimum Gasteiger partial charge on any atom is -0.492 e. The van der Waals surface area contributed by atoms with Crippen molar-refractivity contribution in [3.63, 3.8) is 0 Å². The summed E-state index contributed by atoms with van der Waals surface area (Å²) in [4.78, 5) is 0. The zero-order valence-electron chi connectivity index (χ0n) is 14.0. The van der Waals surface area contributed by atoms with E-state index in [-0.39, 0.29) is 5.41 Å². The van der Waals surface area contributed by atoms with Crippen LogP contribution in [0.2, 0.25) is 0 Å². The molecule has 0 aliphatic carbocycles. The molecule has 0 fully saturated rings. The largest absolute Gasteiger partial charge is 0.492 e. The summed E-state index contributed by atoms with van der Waals surface area (Å²) in [6, 6.07) is 6.46. The molecule has 0 saturated heterocycles. The maximum atomic E-state index is 5.96. The fraction of sp³-hybridized carbons (Fsp3) is 0.667. The van der Waals surface area contributed by atoms with Gasteiger partial charge in [0.05, 0.1) is 0 Å². The van der Waals surface area contributed by atoms with Gasteiger partial charge >= 0.3 is 0 Å². The van der Waals surface area contributed by atoms with E-state index in [1.807, 2.05) is 0 Å². The molecule has 0 atom stereocenters. The quantitative estimate of drug-likeness (QED) is 0.750. The Morgan fingerprint density at radius 2 is 1.85 bits per heavy atom. The van der Waals surface area contributed by atoms with Gasteiger partial charge in [-0.3, -0.25) is 0 Å². The molecule has 2 heteroatoms. The van der Waals surface area contributed by atoms with Crippen LogP contribution in [0.4, 0.5) is 0 Å². The van der Waals surface area contributed by atoms with Gasteiger partial charge in [-0.1, -0.05) is 52.3 Å². The summed E-state index contributed by atoms with van der Waals surface area (Å²) in [7, 11) is 0. The van der Waals surface area contributed by atoms with E-state index in [2.05, 4.69) is 65.1 Å². The minimum absolute atomic E-state index is 0.117. The van der Waals surface area contributed by atoms with Gasteiger partial charge in [0.2, 0.25) is 0 Å². The minimum atomic E-state index is 0.117. The zero-order chi connectivity index (χ0) is 15.2. The Hall–Kier alpha value is -1.02. The van der Waals surface area contributed by atoms with Crippen molar-refractivity contribution in [2.24, 2.45) is 5.92 Å².